The molecule has 0 aliphatic carbocycles. The highest BCUT2D eigenvalue weighted by molar-refractivity contribution is 6.46. The fourth-order valence-electron chi connectivity index (χ4n) is 3.76. The van der Waals surface area contributed by atoms with Crippen LogP contribution in [0.4, 0.5) is 11.4 Å². The number of anilines is 2. The number of carbonyl (C=O) groups is 2. The highest BCUT2D eigenvalue weighted by Crippen LogP contribution is 2.36. The van der Waals surface area contributed by atoms with E-state index in [4.69, 9.17) is 9.47 Å². The number of imide groups is 1. The van der Waals surface area contributed by atoms with Gasteiger partial charge >= 0.3 is 0 Å². The molecule has 0 radical (unpaired) electrons. The van der Waals surface area contributed by atoms with Crippen LogP contribution in [0, 0.1) is 13.8 Å². The molecule has 2 amide bonds. The van der Waals surface area contributed by atoms with Crippen LogP contribution in [-0.4, -0.2) is 25.5 Å². The summed E-state index contributed by atoms with van der Waals surface area (Å²) in [6, 6.07) is 20.0. The molecule has 6 heteroatoms. The molecule has 1 N–H and O–H groups in total. The van der Waals surface area contributed by atoms with E-state index in [2.05, 4.69) is 5.32 Å². The van der Waals surface area contributed by atoms with Gasteiger partial charge in [0, 0.05) is 0 Å². The molecule has 6 nitrogen and oxygen atoms in total. The SMILES string of the molecule is CCOc1ccccc1NC1=C(c2ccc(OC)cc2)C(=O)N(c2ccc(C)c(C)c2)C1=O. The summed E-state index contributed by atoms with van der Waals surface area (Å²) in [5.74, 6) is 0.468. The van der Waals surface area contributed by atoms with Gasteiger partial charge in [-0.2, -0.15) is 0 Å². The number of rotatable bonds is 7. The number of nitrogens with one attached hydrogen (secondary N) is 1. The molecule has 168 valence electrons. The number of aryl methyl sites for hydroxylation is 2. The predicted octanol–water partition coefficient (Wildman–Crippen LogP) is 5.11. The maximum Gasteiger partial charge on any atom is 0.282 e. The largest absolute Gasteiger partial charge is 0.497 e. The van der Waals surface area contributed by atoms with E-state index in [1.807, 2.05) is 57.2 Å². The Balaban J connectivity index is 1.83. The Kier molecular flexibility index (Phi) is 6.18. The minimum absolute atomic E-state index is 0.204. The van der Waals surface area contributed by atoms with Crippen molar-refractivity contribution in [1.29, 1.82) is 0 Å². The zero-order valence-electron chi connectivity index (χ0n) is 19.1. The van der Waals surface area contributed by atoms with Crippen LogP contribution in [-0.2, 0) is 9.59 Å². The lowest BCUT2D eigenvalue weighted by Crippen LogP contribution is -2.32. The van der Waals surface area contributed by atoms with Crippen molar-refractivity contribution in [2.75, 3.05) is 23.9 Å². The zero-order valence-corrected chi connectivity index (χ0v) is 19.1. The van der Waals surface area contributed by atoms with Crippen molar-refractivity contribution in [3.63, 3.8) is 0 Å². The minimum Gasteiger partial charge on any atom is -0.497 e. The van der Waals surface area contributed by atoms with E-state index in [1.165, 1.54) is 4.90 Å². The Morgan fingerprint density at radius 2 is 1.61 bits per heavy atom. The second-order valence-corrected chi connectivity index (χ2v) is 7.75. The number of para-hydroxylation sites is 2. The molecule has 0 bridgehead atoms. The van der Waals surface area contributed by atoms with Gasteiger partial charge in [-0.1, -0.05) is 30.3 Å². The number of benzene rings is 3. The molecule has 3 aromatic carbocycles. The van der Waals surface area contributed by atoms with E-state index < -0.39 is 5.91 Å². The fraction of sp³-hybridized carbons (Fsp3) is 0.185. The molecule has 1 heterocycles. The van der Waals surface area contributed by atoms with E-state index in [0.29, 0.717) is 40.6 Å². The van der Waals surface area contributed by atoms with Crippen LogP contribution in [0.5, 0.6) is 11.5 Å². The van der Waals surface area contributed by atoms with Crippen molar-refractivity contribution in [3.05, 3.63) is 89.1 Å². The molecule has 0 saturated carbocycles. The van der Waals surface area contributed by atoms with E-state index in [9.17, 15) is 9.59 Å². The number of hydrogen-bond acceptors (Lipinski definition) is 5. The summed E-state index contributed by atoms with van der Waals surface area (Å²) in [4.78, 5) is 28.5. The number of ether oxygens (including phenoxy) is 2. The van der Waals surface area contributed by atoms with Crippen molar-refractivity contribution < 1.29 is 19.1 Å². The minimum atomic E-state index is -0.416. The third-order valence-electron chi connectivity index (χ3n) is 5.66. The predicted molar refractivity (Wildman–Crippen MR) is 130 cm³/mol. The Hall–Kier alpha value is -4.06. The number of nitrogens with zero attached hydrogens (tertiary/aromatic N) is 1. The summed E-state index contributed by atoms with van der Waals surface area (Å²) >= 11 is 0. The maximum absolute atomic E-state index is 13.6. The van der Waals surface area contributed by atoms with Gasteiger partial charge in [-0.15, -0.1) is 0 Å². The van der Waals surface area contributed by atoms with Crippen LogP contribution in [0.1, 0.15) is 23.6 Å². The summed E-state index contributed by atoms with van der Waals surface area (Å²) < 4.78 is 11.0. The van der Waals surface area contributed by atoms with Crippen molar-refractivity contribution >= 4 is 28.8 Å². The first-order valence-corrected chi connectivity index (χ1v) is 10.8. The molecule has 0 fully saturated rings. The summed E-state index contributed by atoms with van der Waals surface area (Å²) in [7, 11) is 1.58. The molecule has 1 aliphatic rings. The summed E-state index contributed by atoms with van der Waals surface area (Å²) in [5, 5.41) is 3.19. The fourth-order valence-corrected chi connectivity index (χ4v) is 3.76. The first kappa shape index (κ1) is 22.1. The molecule has 0 aromatic heterocycles. The number of methoxy groups -OCH3 is 1. The third-order valence-corrected chi connectivity index (χ3v) is 5.66. The Morgan fingerprint density at radius 3 is 2.27 bits per heavy atom. The van der Waals surface area contributed by atoms with Gasteiger partial charge in [0.2, 0.25) is 0 Å². The lowest BCUT2D eigenvalue weighted by molar-refractivity contribution is -0.120. The van der Waals surface area contributed by atoms with Gasteiger partial charge in [0.25, 0.3) is 11.8 Å². The zero-order chi connectivity index (χ0) is 23.5. The second kappa shape index (κ2) is 9.20. The molecule has 0 spiro atoms. The van der Waals surface area contributed by atoms with E-state index in [-0.39, 0.29) is 11.6 Å². The Labute approximate surface area is 193 Å². The molecule has 0 saturated heterocycles. The first-order valence-electron chi connectivity index (χ1n) is 10.8. The lowest BCUT2D eigenvalue weighted by Gasteiger charge is -2.17. The monoisotopic (exact) mass is 442 g/mol. The van der Waals surface area contributed by atoms with Crippen LogP contribution < -0.4 is 19.7 Å². The standard InChI is InChI=1S/C27H26N2O4/c1-5-33-23-9-7-6-8-22(23)28-25-24(19-11-14-21(32-4)15-12-19)26(30)29(27(25)31)20-13-10-17(2)18(3)16-20/h6-16,28H,5H2,1-4H3. The second-order valence-electron chi connectivity index (χ2n) is 7.75. The summed E-state index contributed by atoms with van der Waals surface area (Å²) in [5.41, 5.74) is 4.37. The number of hydrogen-bond donors (Lipinski definition) is 1. The molecule has 4 rings (SSSR count). The molecule has 0 atom stereocenters. The first-order chi connectivity index (χ1) is 15.9. The van der Waals surface area contributed by atoms with Gasteiger partial charge in [0.15, 0.2) is 0 Å². The molecular weight excluding hydrogens is 416 g/mol. The highest BCUT2D eigenvalue weighted by atomic mass is 16.5. The average molecular weight is 443 g/mol. The van der Waals surface area contributed by atoms with Crippen LogP contribution in [0.3, 0.4) is 0 Å². The highest BCUT2D eigenvalue weighted by Gasteiger charge is 2.40. The quantitative estimate of drug-likeness (QED) is 0.515. The smallest absolute Gasteiger partial charge is 0.282 e. The van der Waals surface area contributed by atoms with Gasteiger partial charge < -0.3 is 14.8 Å². The van der Waals surface area contributed by atoms with Crippen LogP contribution in [0.25, 0.3) is 5.57 Å². The Bertz CT molecular complexity index is 1250. The lowest BCUT2D eigenvalue weighted by atomic mass is 10.0. The van der Waals surface area contributed by atoms with Gasteiger partial charge in [0.05, 0.1) is 30.7 Å². The van der Waals surface area contributed by atoms with Gasteiger partial charge in [0.1, 0.15) is 17.2 Å². The van der Waals surface area contributed by atoms with E-state index in [0.717, 1.165) is 11.1 Å². The van der Waals surface area contributed by atoms with Gasteiger partial charge in [-0.05, 0) is 73.9 Å². The van der Waals surface area contributed by atoms with Crippen molar-refractivity contribution in [3.8, 4) is 11.5 Å². The molecule has 33 heavy (non-hydrogen) atoms. The van der Waals surface area contributed by atoms with E-state index in [1.54, 1.807) is 37.4 Å². The maximum atomic E-state index is 13.6. The number of carbonyl (C=O) groups excluding carboxylic acids is 2. The Morgan fingerprint density at radius 1 is 0.879 bits per heavy atom. The van der Waals surface area contributed by atoms with Crippen molar-refractivity contribution in [2.24, 2.45) is 0 Å². The van der Waals surface area contributed by atoms with Crippen LogP contribution in [0.2, 0.25) is 0 Å². The van der Waals surface area contributed by atoms with Crippen molar-refractivity contribution in [1.82, 2.24) is 0 Å². The van der Waals surface area contributed by atoms with Crippen LogP contribution >= 0.6 is 0 Å². The third kappa shape index (κ3) is 4.20. The molecule has 1 aliphatic heterocycles. The molecule has 0 unspecified atom stereocenters. The van der Waals surface area contributed by atoms with Gasteiger partial charge in [-0.25, -0.2) is 4.90 Å². The topological polar surface area (TPSA) is 67.9 Å². The summed E-state index contributed by atoms with van der Waals surface area (Å²) in [6.07, 6.45) is 0. The molecule has 3 aromatic rings. The average Bonchev–Trinajstić information content (AvgIpc) is 3.06. The van der Waals surface area contributed by atoms with Gasteiger partial charge in [-0.3, -0.25) is 9.59 Å². The summed E-state index contributed by atoms with van der Waals surface area (Å²) in [6.45, 7) is 6.32. The van der Waals surface area contributed by atoms with Crippen molar-refractivity contribution in [2.45, 2.75) is 20.8 Å². The van der Waals surface area contributed by atoms with E-state index >= 15 is 0 Å². The molecular formula is C27H26N2O4. The number of amides is 2. The normalized spacial score (nSPS) is 13.5. The van der Waals surface area contributed by atoms with Crippen LogP contribution in [0.15, 0.2) is 72.4 Å².